The largest absolute Gasteiger partial charge is 0.489 e. The van der Waals surface area contributed by atoms with Crippen LogP contribution in [0, 0.1) is 11.7 Å². The van der Waals surface area contributed by atoms with Gasteiger partial charge in [0.25, 0.3) is 0 Å². The molecule has 0 saturated heterocycles. The number of halogens is 2. The first-order chi connectivity index (χ1) is 7.65. The van der Waals surface area contributed by atoms with E-state index in [9.17, 15) is 4.39 Å². The zero-order chi connectivity index (χ0) is 12.0. The van der Waals surface area contributed by atoms with Crippen molar-refractivity contribution in [3.63, 3.8) is 0 Å². The van der Waals surface area contributed by atoms with E-state index in [-0.39, 0.29) is 5.75 Å². The molecule has 0 bridgehead atoms. The smallest absolute Gasteiger partial charge is 0.173 e. The van der Waals surface area contributed by atoms with Crippen LogP contribution in [0.15, 0.2) is 18.2 Å². The van der Waals surface area contributed by atoms with E-state index in [4.69, 9.17) is 16.3 Å². The molecule has 0 saturated carbocycles. The van der Waals surface area contributed by atoms with Crippen LogP contribution in [0.2, 0.25) is 5.02 Å². The highest BCUT2D eigenvalue weighted by Gasteiger charge is 2.09. The molecule has 2 nitrogen and oxygen atoms in total. The molecule has 90 valence electrons. The van der Waals surface area contributed by atoms with Crippen molar-refractivity contribution >= 4 is 11.6 Å². The van der Waals surface area contributed by atoms with Crippen LogP contribution in [0.4, 0.5) is 4.39 Å². The van der Waals surface area contributed by atoms with Crippen molar-refractivity contribution in [3.8, 4) is 5.75 Å². The standard InChI is InChI=1S/C12H17ClFNO/c1-3-15-7-9(2)8-16-12-10(13)5-4-6-11(12)14/h4-6,9,15H,3,7-8H2,1-2H3. The highest BCUT2D eigenvalue weighted by Crippen LogP contribution is 2.27. The predicted octanol–water partition coefficient (Wildman–Crippen LogP) is 3.10. The highest BCUT2D eigenvalue weighted by molar-refractivity contribution is 6.32. The lowest BCUT2D eigenvalue weighted by Gasteiger charge is -2.14. The Labute approximate surface area is 101 Å². The van der Waals surface area contributed by atoms with Crippen molar-refractivity contribution in [1.82, 2.24) is 5.32 Å². The van der Waals surface area contributed by atoms with E-state index < -0.39 is 5.82 Å². The van der Waals surface area contributed by atoms with Crippen molar-refractivity contribution in [2.75, 3.05) is 19.7 Å². The van der Waals surface area contributed by atoms with Gasteiger partial charge in [0.15, 0.2) is 11.6 Å². The van der Waals surface area contributed by atoms with Crippen molar-refractivity contribution in [1.29, 1.82) is 0 Å². The number of rotatable bonds is 6. The number of benzene rings is 1. The first-order valence-corrected chi connectivity index (χ1v) is 5.80. The normalized spacial score (nSPS) is 12.5. The fraction of sp³-hybridized carbons (Fsp3) is 0.500. The summed E-state index contributed by atoms with van der Waals surface area (Å²) >= 11 is 5.84. The maximum absolute atomic E-state index is 13.3. The van der Waals surface area contributed by atoms with Gasteiger partial charge in [-0.15, -0.1) is 0 Å². The SMILES string of the molecule is CCNCC(C)COc1c(F)cccc1Cl. The van der Waals surface area contributed by atoms with Crippen molar-refractivity contribution in [2.45, 2.75) is 13.8 Å². The summed E-state index contributed by atoms with van der Waals surface area (Å²) in [6.07, 6.45) is 0. The molecule has 0 aromatic heterocycles. The molecule has 16 heavy (non-hydrogen) atoms. The Balaban J connectivity index is 2.48. The maximum atomic E-state index is 13.3. The van der Waals surface area contributed by atoms with E-state index >= 15 is 0 Å². The topological polar surface area (TPSA) is 21.3 Å². The van der Waals surface area contributed by atoms with Gasteiger partial charge in [-0.1, -0.05) is 31.5 Å². The van der Waals surface area contributed by atoms with Crippen LogP contribution in [0.25, 0.3) is 0 Å². The van der Waals surface area contributed by atoms with Crippen LogP contribution >= 0.6 is 11.6 Å². The molecule has 0 spiro atoms. The fourth-order valence-corrected chi connectivity index (χ4v) is 1.51. The minimum absolute atomic E-state index is 0.146. The molecule has 1 aromatic carbocycles. The van der Waals surface area contributed by atoms with Crippen molar-refractivity contribution < 1.29 is 9.13 Å². The van der Waals surface area contributed by atoms with Gasteiger partial charge >= 0.3 is 0 Å². The molecule has 0 aliphatic rings. The van der Waals surface area contributed by atoms with Gasteiger partial charge in [0.05, 0.1) is 11.6 Å². The zero-order valence-electron chi connectivity index (χ0n) is 9.59. The van der Waals surface area contributed by atoms with E-state index in [1.54, 1.807) is 12.1 Å². The highest BCUT2D eigenvalue weighted by atomic mass is 35.5. The number of hydrogen-bond acceptors (Lipinski definition) is 2. The summed E-state index contributed by atoms with van der Waals surface area (Å²) in [6, 6.07) is 4.53. The average molecular weight is 246 g/mol. The summed E-state index contributed by atoms with van der Waals surface area (Å²) < 4.78 is 18.7. The fourth-order valence-electron chi connectivity index (χ4n) is 1.30. The number of ether oxygens (including phenoxy) is 1. The minimum atomic E-state index is -0.414. The van der Waals surface area contributed by atoms with Gasteiger partial charge in [-0.3, -0.25) is 0 Å². The number of hydrogen-bond donors (Lipinski definition) is 1. The van der Waals surface area contributed by atoms with E-state index in [0.717, 1.165) is 13.1 Å². The lowest BCUT2D eigenvalue weighted by atomic mass is 10.2. The van der Waals surface area contributed by atoms with E-state index in [0.29, 0.717) is 17.5 Å². The third kappa shape index (κ3) is 3.99. The van der Waals surface area contributed by atoms with Gasteiger partial charge in [0.2, 0.25) is 0 Å². The second-order valence-corrected chi connectivity index (χ2v) is 4.18. The molecule has 1 atom stereocenters. The van der Waals surface area contributed by atoms with E-state index in [1.807, 2.05) is 13.8 Å². The van der Waals surface area contributed by atoms with Crippen LogP contribution in [-0.2, 0) is 0 Å². The molecule has 1 unspecified atom stereocenters. The number of nitrogens with one attached hydrogen (secondary N) is 1. The van der Waals surface area contributed by atoms with Crippen LogP contribution < -0.4 is 10.1 Å². The summed E-state index contributed by atoms with van der Waals surface area (Å²) in [5, 5.41) is 3.52. The zero-order valence-corrected chi connectivity index (χ0v) is 10.4. The third-order valence-electron chi connectivity index (χ3n) is 2.17. The summed E-state index contributed by atoms with van der Waals surface area (Å²) in [6.45, 7) is 6.31. The summed E-state index contributed by atoms with van der Waals surface area (Å²) in [5.41, 5.74) is 0. The predicted molar refractivity (Wildman–Crippen MR) is 64.6 cm³/mol. The van der Waals surface area contributed by atoms with Gasteiger partial charge in [-0.05, 0) is 18.7 Å². The first-order valence-electron chi connectivity index (χ1n) is 5.42. The molecule has 0 aliphatic heterocycles. The summed E-state index contributed by atoms with van der Waals surface area (Å²) in [5.74, 6) is 0.0475. The molecular formula is C12H17ClFNO. The van der Waals surface area contributed by atoms with Crippen LogP contribution in [0.1, 0.15) is 13.8 Å². The van der Waals surface area contributed by atoms with Gasteiger partial charge in [-0.2, -0.15) is 0 Å². The monoisotopic (exact) mass is 245 g/mol. The Kier molecular flexibility index (Phi) is 5.56. The summed E-state index contributed by atoms with van der Waals surface area (Å²) in [7, 11) is 0. The lowest BCUT2D eigenvalue weighted by Crippen LogP contribution is -2.24. The van der Waals surface area contributed by atoms with Gasteiger partial charge in [-0.25, -0.2) is 4.39 Å². The van der Waals surface area contributed by atoms with Crippen molar-refractivity contribution in [3.05, 3.63) is 29.0 Å². The molecule has 0 amide bonds. The molecule has 0 fully saturated rings. The summed E-state index contributed by atoms with van der Waals surface area (Å²) in [4.78, 5) is 0. The maximum Gasteiger partial charge on any atom is 0.173 e. The van der Waals surface area contributed by atoms with E-state index in [2.05, 4.69) is 5.32 Å². The third-order valence-corrected chi connectivity index (χ3v) is 2.47. The lowest BCUT2D eigenvalue weighted by molar-refractivity contribution is 0.246. The Hall–Kier alpha value is -0.800. The minimum Gasteiger partial charge on any atom is -0.489 e. The van der Waals surface area contributed by atoms with Crippen LogP contribution in [-0.4, -0.2) is 19.7 Å². The molecule has 0 heterocycles. The molecular weight excluding hydrogens is 229 g/mol. The molecule has 1 rings (SSSR count). The first kappa shape index (κ1) is 13.3. The molecule has 0 aliphatic carbocycles. The molecule has 1 N–H and O–H groups in total. The van der Waals surface area contributed by atoms with Gasteiger partial charge < -0.3 is 10.1 Å². The average Bonchev–Trinajstić information content (AvgIpc) is 2.25. The Morgan fingerprint density at radius 1 is 1.50 bits per heavy atom. The Morgan fingerprint density at radius 3 is 2.88 bits per heavy atom. The quantitative estimate of drug-likeness (QED) is 0.832. The number of para-hydroxylation sites is 1. The molecule has 4 heteroatoms. The molecule has 0 radical (unpaired) electrons. The van der Waals surface area contributed by atoms with Gasteiger partial charge in [0, 0.05) is 12.5 Å². The van der Waals surface area contributed by atoms with Crippen LogP contribution in [0.3, 0.4) is 0 Å². The Bertz CT molecular complexity index is 313. The van der Waals surface area contributed by atoms with Crippen LogP contribution in [0.5, 0.6) is 5.75 Å². The van der Waals surface area contributed by atoms with Crippen molar-refractivity contribution in [2.24, 2.45) is 5.92 Å². The second kappa shape index (κ2) is 6.71. The second-order valence-electron chi connectivity index (χ2n) is 3.77. The molecule has 1 aromatic rings. The Morgan fingerprint density at radius 2 is 2.25 bits per heavy atom. The van der Waals surface area contributed by atoms with E-state index in [1.165, 1.54) is 6.07 Å². The van der Waals surface area contributed by atoms with Gasteiger partial charge in [0.1, 0.15) is 0 Å².